The van der Waals surface area contributed by atoms with Crippen molar-refractivity contribution in [3.8, 4) is 5.82 Å². The first-order valence-electron chi connectivity index (χ1n) is 10.1. The highest BCUT2D eigenvalue weighted by Crippen LogP contribution is 2.20. The lowest BCUT2D eigenvalue weighted by Crippen LogP contribution is -2.14. The molecule has 5 rings (SSSR count). The Kier molecular flexibility index (Phi) is 5.12. The number of anilines is 3. The van der Waals surface area contributed by atoms with Crippen LogP contribution in [0.4, 0.5) is 17.2 Å². The van der Waals surface area contributed by atoms with E-state index < -0.39 is 5.91 Å². The Bertz CT molecular complexity index is 1510. The number of rotatable bonds is 5. The Morgan fingerprint density at radius 2 is 1.76 bits per heavy atom. The molecule has 0 spiro atoms. The maximum absolute atomic E-state index is 12.6. The fraction of sp³-hybridized carbons (Fsp3) is 0.0417. The van der Waals surface area contributed by atoms with Gasteiger partial charge in [-0.1, -0.05) is 12.1 Å². The maximum Gasteiger partial charge on any atom is 0.291 e. The Morgan fingerprint density at radius 3 is 2.55 bits per heavy atom. The molecule has 9 nitrogen and oxygen atoms in total. The minimum atomic E-state index is -0.506. The van der Waals surface area contributed by atoms with Crippen LogP contribution in [-0.2, 0) is 0 Å². The summed E-state index contributed by atoms with van der Waals surface area (Å²) in [4.78, 5) is 33.6. The summed E-state index contributed by atoms with van der Waals surface area (Å²) >= 11 is 0. The molecule has 2 aromatic carbocycles. The molecule has 0 bridgehead atoms. The fourth-order valence-electron chi connectivity index (χ4n) is 3.33. The Balaban J connectivity index is 1.31. The molecule has 2 N–H and O–H groups in total. The van der Waals surface area contributed by atoms with Crippen molar-refractivity contribution >= 4 is 34.1 Å². The minimum absolute atomic E-state index is 0.0523. The summed E-state index contributed by atoms with van der Waals surface area (Å²) in [5, 5.41) is 10.6. The summed E-state index contributed by atoms with van der Waals surface area (Å²) in [5.74, 6) is 1.31. The first-order valence-corrected chi connectivity index (χ1v) is 10.1. The fourth-order valence-corrected chi connectivity index (χ4v) is 3.33. The van der Waals surface area contributed by atoms with Crippen LogP contribution in [0.5, 0.6) is 0 Å². The van der Waals surface area contributed by atoms with Crippen LogP contribution in [-0.4, -0.2) is 25.7 Å². The highest BCUT2D eigenvalue weighted by Gasteiger charge is 2.13. The van der Waals surface area contributed by atoms with Gasteiger partial charge in [-0.05, 0) is 49.4 Å². The van der Waals surface area contributed by atoms with Gasteiger partial charge in [0.1, 0.15) is 17.2 Å². The molecule has 1 amide bonds. The molecule has 0 unspecified atom stereocenters. The van der Waals surface area contributed by atoms with Gasteiger partial charge in [0.25, 0.3) is 5.91 Å². The molecule has 0 aliphatic heterocycles. The SMILES string of the molecule is Cc1nc(Nc2ccc(NC(=O)c3cc(=O)c4ccccc4o3)cc2)cc(-n2cccn2)n1. The maximum atomic E-state index is 12.6. The third kappa shape index (κ3) is 4.33. The smallest absolute Gasteiger partial charge is 0.291 e. The number of hydrogen-bond acceptors (Lipinski definition) is 7. The van der Waals surface area contributed by atoms with Crippen molar-refractivity contribution in [3.05, 3.63) is 101 Å². The van der Waals surface area contributed by atoms with E-state index in [1.807, 2.05) is 13.0 Å². The number of amides is 1. The van der Waals surface area contributed by atoms with Crippen molar-refractivity contribution < 1.29 is 9.21 Å². The molecule has 3 heterocycles. The van der Waals surface area contributed by atoms with Crippen molar-refractivity contribution in [2.45, 2.75) is 6.92 Å². The van der Waals surface area contributed by atoms with E-state index in [9.17, 15) is 9.59 Å². The van der Waals surface area contributed by atoms with Crippen LogP contribution in [0.15, 0.2) is 88.3 Å². The van der Waals surface area contributed by atoms with E-state index in [0.29, 0.717) is 34.1 Å². The lowest BCUT2D eigenvalue weighted by atomic mass is 10.2. The predicted molar refractivity (Wildman–Crippen MR) is 124 cm³/mol. The van der Waals surface area contributed by atoms with E-state index in [4.69, 9.17) is 4.42 Å². The zero-order valence-corrected chi connectivity index (χ0v) is 17.5. The molecule has 0 saturated carbocycles. The standard InChI is InChI=1S/C24H18N6O3/c1-15-26-22(14-23(27-15)30-12-4-11-25-30)28-16-7-9-17(10-8-16)29-24(32)21-13-19(31)18-5-2-3-6-20(18)33-21/h2-14H,1H3,(H,29,32)(H,26,27,28). The highest BCUT2D eigenvalue weighted by atomic mass is 16.3. The summed E-state index contributed by atoms with van der Waals surface area (Å²) in [6.45, 7) is 1.81. The van der Waals surface area contributed by atoms with E-state index in [0.717, 1.165) is 5.69 Å². The van der Waals surface area contributed by atoms with E-state index in [2.05, 4.69) is 25.7 Å². The molecule has 0 aliphatic rings. The van der Waals surface area contributed by atoms with E-state index >= 15 is 0 Å². The Morgan fingerprint density at radius 1 is 0.970 bits per heavy atom. The zero-order chi connectivity index (χ0) is 22.8. The number of carbonyl (C=O) groups excluding carboxylic acids is 1. The normalized spacial score (nSPS) is 10.8. The average molecular weight is 438 g/mol. The molecule has 0 saturated heterocycles. The number of benzene rings is 2. The van der Waals surface area contributed by atoms with Crippen LogP contribution in [0.1, 0.15) is 16.4 Å². The molecule has 0 radical (unpaired) electrons. The van der Waals surface area contributed by atoms with Crippen LogP contribution in [0, 0.1) is 6.92 Å². The molecule has 5 aromatic rings. The molecule has 0 aliphatic carbocycles. The van der Waals surface area contributed by atoms with Gasteiger partial charge in [-0.3, -0.25) is 9.59 Å². The van der Waals surface area contributed by atoms with E-state index in [-0.39, 0.29) is 11.2 Å². The first-order chi connectivity index (χ1) is 16.0. The van der Waals surface area contributed by atoms with Crippen molar-refractivity contribution in [1.29, 1.82) is 0 Å². The van der Waals surface area contributed by atoms with Gasteiger partial charge in [0, 0.05) is 35.9 Å². The van der Waals surface area contributed by atoms with Crippen molar-refractivity contribution in [2.24, 2.45) is 0 Å². The molecule has 9 heteroatoms. The van der Waals surface area contributed by atoms with Gasteiger partial charge in [0.15, 0.2) is 17.0 Å². The van der Waals surface area contributed by atoms with Crippen LogP contribution in [0.2, 0.25) is 0 Å². The second-order valence-electron chi connectivity index (χ2n) is 7.24. The second kappa shape index (κ2) is 8.39. The van der Waals surface area contributed by atoms with Crippen LogP contribution in [0.3, 0.4) is 0 Å². The number of aryl methyl sites for hydroxylation is 1. The summed E-state index contributed by atoms with van der Waals surface area (Å²) in [6, 6.07) is 18.7. The van der Waals surface area contributed by atoms with Gasteiger partial charge in [0.05, 0.1) is 5.39 Å². The lowest BCUT2D eigenvalue weighted by Gasteiger charge is -2.10. The molecule has 162 valence electrons. The van der Waals surface area contributed by atoms with Gasteiger partial charge < -0.3 is 15.1 Å². The number of hydrogen-bond donors (Lipinski definition) is 2. The van der Waals surface area contributed by atoms with E-state index in [1.165, 1.54) is 6.07 Å². The van der Waals surface area contributed by atoms with Gasteiger partial charge in [0.2, 0.25) is 0 Å². The molecular weight excluding hydrogens is 420 g/mol. The van der Waals surface area contributed by atoms with Crippen molar-refractivity contribution in [2.75, 3.05) is 10.6 Å². The quantitative estimate of drug-likeness (QED) is 0.425. The molecule has 3 aromatic heterocycles. The Hall–Kier alpha value is -4.79. The van der Waals surface area contributed by atoms with Crippen LogP contribution >= 0.6 is 0 Å². The summed E-state index contributed by atoms with van der Waals surface area (Å²) < 4.78 is 7.24. The zero-order valence-electron chi connectivity index (χ0n) is 17.5. The number of aromatic nitrogens is 4. The largest absolute Gasteiger partial charge is 0.451 e. The summed E-state index contributed by atoms with van der Waals surface area (Å²) in [7, 11) is 0. The van der Waals surface area contributed by atoms with Gasteiger partial charge in [-0.15, -0.1) is 0 Å². The third-order valence-corrected chi connectivity index (χ3v) is 4.84. The number of fused-ring (bicyclic) bond motifs is 1. The monoisotopic (exact) mass is 438 g/mol. The molecule has 0 atom stereocenters. The van der Waals surface area contributed by atoms with Crippen molar-refractivity contribution in [1.82, 2.24) is 19.7 Å². The third-order valence-electron chi connectivity index (χ3n) is 4.84. The number of nitrogens with one attached hydrogen (secondary N) is 2. The average Bonchev–Trinajstić information content (AvgIpc) is 3.35. The predicted octanol–water partition coefficient (Wildman–Crippen LogP) is 4.07. The van der Waals surface area contributed by atoms with Crippen LogP contribution in [0.25, 0.3) is 16.8 Å². The van der Waals surface area contributed by atoms with E-state index in [1.54, 1.807) is 71.7 Å². The Labute approximate surface area is 187 Å². The second-order valence-corrected chi connectivity index (χ2v) is 7.24. The van der Waals surface area contributed by atoms with Gasteiger partial charge in [-0.25, -0.2) is 14.6 Å². The summed E-state index contributed by atoms with van der Waals surface area (Å²) in [6.07, 6.45) is 3.49. The van der Waals surface area contributed by atoms with Crippen molar-refractivity contribution in [3.63, 3.8) is 0 Å². The molecule has 0 fully saturated rings. The molecule has 33 heavy (non-hydrogen) atoms. The summed E-state index contributed by atoms with van der Waals surface area (Å²) in [5.41, 5.74) is 1.42. The highest BCUT2D eigenvalue weighted by molar-refractivity contribution is 6.03. The molecular formula is C24H18N6O3. The first kappa shape index (κ1) is 20.1. The minimum Gasteiger partial charge on any atom is -0.451 e. The van der Waals surface area contributed by atoms with Gasteiger partial charge in [-0.2, -0.15) is 5.10 Å². The number of para-hydroxylation sites is 1. The number of carbonyl (C=O) groups is 1. The topological polar surface area (TPSA) is 115 Å². The van der Waals surface area contributed by atoms with Gasteiger partial charge >= 0.3 is 0 Å². The number of nitrogens with zero attached hydrogens (tertiary/aromatic N) is 4. The lowest BCUT2D eigenvalue weighted by molar-refractivity contribution is 0.0997. The van der Waals surface area contributed by atoms with Crippen LogP contribution < -0.4 is 16.1 Å².